The Morgan fingerprint density at radius 3 is 2.75 bits per heavy atom. The molecule has 0 bridgehead atoms. The molecule has 0 saturated carbocycles. The Morgan fingerprint density at radius 1 is 1.44 bits per heavy atom. The number of amides is 1. The number of likely N-dealkylation sites (tertiary alicyclic amines) is 1. The van der Waals surface area contributed by atoms with Gasteiger partial charge in [0, 0.05) is 31.9 Å². The van der Waals surface area contributed by atoms with Gasteiger partial charge in [-0.2, -0.15) is 17.7 Å². The van der Waals surface area contributed by atoms with E-state index >= 15 is 0 Å². The number of carbonyl (C=O) groups is 1. The zero-order valence-corrected chi connectivity index (χ0v) is 10.1. The average Bonchev–Trinajstić information content (AvgIpc) is 2.83. The smallest absolute Gasteiger partial charge is 0.223 e. The molecule has 1 aromatic rings. The second kappa shape index (κ2) is 5.39. The van der Waals surface area contributed by atoms with Gasteiger partial charge in [-0.15, -0.1) is 0 Å². The Kier molecular flexibility index (Phi) is 3.88. The van der Waals surface area contributed by atoms with E-state index in [1.165, 1.54) is 0 Å². The monoisotopic (exact) mass is 239 g/mol. The Hall–Kier alpha value is -0.970. The first kappa shape index (κ1) is 11.5. The predicted molar refractivity (Wildman–Crippen MR) is 65.5 cm³/mol. The third kappa shape index (κ3) is 2.58. The van der Waals surface area contributed by atoms with Gasteiger partial charge >= 0.3 is 0 Å². The van der Waals surface area contributed by atoms with Crippen molar-refractivity contribution in [3.05, 3.63) is 18.5 Å². The molecule has 0 aliphatic carbocycles. The average molecular weight is 239 g/mol. The standard InChI is InChI=1S/C11H17N3OS/c15-11(4-9-16)13-7-2-10(3-8-13)14-6-1-5-12-14/h1,5-6,10,16H,2-4,7-9H2. The third-order valence-corrected chi connectivity index (χ3v) is 3.27. The van der Waals surface area contributed by atoms with Gasteiger partial charge in [-0.1, -0.05) is 0 Å². The molecular weight excluding hydrogens is 222 g/mol. The molecule has 5 heteroatoms. The van der Waals surface area contributed by atoms with Gasteiger partial charge in [0.15, 0.2) is 0 Å². The molecule has 1 amide bonds. The summed E-state index contributed by atoms with van der Waals surface area (Å²) >= 11 is 4.08. The summed E-state index contributed by atoms with van der Waals surface area (Å²) in [6.07, 6.45) is 6.35. The molecule has 2 heterocycles. The summed E-state index contributed by atoms with van der Waals surface area (Å²) in [4.78, 5) is 13.6. The molecule has 1 aromatic heterocycles. The van der Waals surface area contributed by atoms with Gasteiger partial charge in [0.05, 0.1) is 6.04 Å². The van der Waals surface area contributed by atoms with E-state index in [4.69, 9.17) is 0 Å². The number of hydrogen-bond acceptors (Lipinski definition) is 3. The SMILES string of the molecule is O=C(CCS)N1CCC(n2cccn2)CC1. The summed E-state index contributed by atoms with van der Waals surface area (Å²) in [7, 11) is 0. The molecule has 0 radical (unpaired) electrons. The van der Waals surface area contributed by atoms with Crippen molar-refractivity contribution in [3.63, 3.8) is 0 Å². The lowest BCUT2D eigenvalue weighted by atomic mass is 10.1. The van der Waals surface area contributed by atoms with Crippen molar-refractivity contribution in [2.75, 3.05) is 18.8 Å². The molecule has 2 rings (SSSR count). The quantitative estimate of drug-likeness (QED) is 0.809. The minimum atomic E-state index is 0.230. The van der Waals surface area contributed by atoms with Crippen LogP contribution in [0.1, 0.15) is 25.3 Å². The Labute approximate surface area is 101 Å². The fourth-order valence-corrected chi connectivity index (χ4v) is 2.32. The lowest BCUT2D eigenvalue weighted by molar-refractivity contribution is -0.132. The summed E-state index contributed by atoms with van der Waals surface area (Å²) in [5.74, 6) is 0.867. The number of nitrogens with zero attached hydrogens (tertiary/aromatic N) is 3. The molecular formula is C11H17N3OS. The Morgan fingerprint density at radius 2 is 2.19 bits per heavy atom. The molecule has 0 unspecified atom stereocenters. The largest absolute Gasteiger partial charge is 0.343 e. The number of hydrogen-bond donors (Lipinski definition) is 1. The van der Waals surface area contributed by atoms with Crippen molar-refractivity contribution in [3.8, 4) is 0 Å². The highest BCUT2D eigenvalue weighted by atomic mass is 32.1. The van der Waals surface area contributed by atoms with Gasteiger partial charge in [0.2, 0.25) is 5.91 Å². The molecule has 88 valence electrons. The van der Waals surface area contributed by atoms with E-state index < -0.39 is 0 Å². The highest BCUT2D eigenvalue weighted by molar-refractivity contribution is 7.80. The number of thiol groups is 1. The number of aromatic nitrogens is 2. The van der Waals surface area contributed by atoms with Gasteiger partial charge in [-0.3, -0.25) is 9.48 Å². The zero-order valence-electron chi connectivity index (χ0n) is 9.25. The van der Waals surface area contributed by atoms with Crippen molar-refractivity contribution in [2.45, 2.75) is 25.3 Å². The minimum Gasteiger partial charge on any atom is -0.343 e. The summed E-state index contributed by atoms with van der Waals surface area (Å²) in [5, 5.41) is 4.25. The van der Waals surface area contributed by atoms with E-state index in [9.17, 15) is 4.79 Å². The van der Waals surface area contributed by atoms with Crippen molar-refractivity contribution in [2.24, 2.45) is 0 Å². The Balaban J connectivity index is 1.85. The lowest BCUT2D eigenvalue weighted by Gasteiger charge is -2.32. The fourth-order valence-electron chi connectivity index (χ4n) is 2.13. The number of carbonyl (C=O) groups excluding carboxylic acids is 1. The molecule has 16 heavy (non-hydrogen) atoms. The van der Waals surface area contributed by atoms with Gasteiger partial charge < -0.3 is 4.90 Å². The molecule has 0 atom stereocenters. The molecule has 1 saturated heterocycles. The molecule has 1 fully saturated rings. The maximum Gasteiger partial charge on any atom is 0.223 e. The van der Waals surface area contributed by atoms with Crippen LogP contribution in [0.5, 0.6) is 0 Å². The van der Waals surface area contributed by atoms with Gasteiger partial charge in [0.25, 0.3) is 0 Å². The zero-order chi connectivity index (χ0) is 11.4. The summed E-state index contributed by atoms with van der Waals surface area (Å²) in [5.41, 5.74) is 0. The molecule has 0 N–H and O–H groups in total. The van der Waals surface area contributed by atoms with Crippen LogP contribution in [0, 0.1) is 0 Å². The van der Waals surface area contributed by atoms with E-state index in [0.29, 0.717) is 18.2 Å². The van der Waals surface area contributed by atoms with Crippen LogP contribution in [-0.2, 0) is 4.79 Å². The van der Waals surface area contributed by atoms with Crippen LogP contribution in [0.25, 0.3) is 0 Å². The van der Waals surface area contributed by atoms with Crippen LogP contribution < -0.4 is 0 Å². The van der Waals surface area contributed by atoms with Crippen molar-refractivity contribution >= 4 is 18.5 Å². The molecule has 1 aliphatic rings. The molecule has 1 aliphatic heterocycles. The van der Waals surface area contributed by atoms with E-state index in [1.807, 2.05) is 21.8 Å². The van der Waals surface area contributed by atoms with E-state index in [0.717, 1.165) is 25.9 Å². The second-order valence-corrected chi connectivity index (χ2v) is 4.52. The summed E-state index contributed by atoms with van der Waals surface area (Å²) in [6, 6.07) is 2.40. The highest BCUT2D eigenvalue weighted by Crippen LogP contribution is 2.21. The van der Waals surface area contributed by atoms with Crippen LogP contribution in [0.15, 0.2) is 18.5 Å². The van der Waals surface area contributed by atoms with E-state index in [2.05, 4.69) is 17.7 Å². The molecule has 4 nitrogen and oxygen atoms in total. The first-order valence-electron chi connectivity index (χ1n) is 5.69. The van der Waals surface area contributed by atoms with Crippen molar-refractivity contribution in [1.82, 2.24) is 14.7 Å². The van der Waals surface area contributed by atoms with Gasteiger partial charge in [0.1, 0.15) is 0 Å². The topological polar surface area (TPSA) is 38.1 Å². The highest BCUT2D eigenvalue weighted by Gasteiger charge is 2.23. The van der Waals surface area contributed by atoms with Gasteiger partial charge in [-0.05, 0) is 24.7 Å². The lowest BCUT2D eigenvalue weighted by Crippen LogP contribution is -2.39. The van der Waals surface area contributed by atoms with Crippen molar-refractivity contribution in [1.29, 1.82) is 0 Å². The second-order valence-electron chi connectivity index (χ2n) is 4.07. The number of piperidine rings is 1. The number of rotatable bonds is 3. The fraction of sp³-hybridized carbons (Fsp3) is 0.636. The predicted octanol–water partition coefficient (Wildman–Crippen LogP) is 1.37. The first-order chi connectivity index (χ1) is 7.81. The van der Waals surface area contributed by atoms with Crippen molar-refractivity contribution < 1.29 is 4.79 Å². The van der Waals surface area contributed by atoms with Crippen LogP contribution in [0.2, 0.25) is 0 Å². The maximum absolute atomic E-state index is 11.6. The van der Waals surface area contributed by atoms with Gasteiger partial charge in [-0.25, -0.2) is 0 Å². The van der Waals surface area contributed by atoms with Crippen LogP contribution >= 0.6 is 12.6 Å². The summed E-state index contributed by atoms with van der Waals surface area (Å²) in [6.45, 7) is 1.69. The maximum atomic E-state index is 11.6. The third-order valence-electron chi connectivity index (χ3n) is 3.04. The normalized spacial score (nSPS) is 17.7. The summed E-state index contributed by atoms with van der Waals surface area (Å²) < 4.78 is 2.00. The molecule has 0 aromatic carbocycles. The first-order valence-corrected chi connectivity index (χ1v) is 6.32. The van der Waals surface area contributed by atoms with Crippen LogP contribution in [0.3, 0.4) is 0 Å². The molecule has 0 spiro atoms. The van der Waals surface area contributed by atoms with Crippen LogP contribution in [0.4, 0.5) is 0 Å². The van der Waals surface area contributed by atoms with Crippen LogP contribution in [-0.4, -0.2) is 39.4 Å². The Bertz CT molecular complexity index is 331. The van der Waals surface area contributed by atoms with E-state index in [-0.39, 0.29) is 5.91 Å². The van der Waals surface area contributed by atoms with E-state index in [1.54, 1.807) is 6.20 Å². The minimum absolute atomic E-state index is 0.230.